The predicted octanol–water partition coefficient (Wildman–Crippen LogP) is 6.69. The molecule has 2 aromatic heterocycles. The smallest absolute Gasteiger partial charge is 0.310 e. The van der Waals surface area contributed by atoms with Crippen molar-refractivity contribution in [3.8, 4) is 5.00 Å². The van der Waals surface area contributed by atoms with Gasteiger partial charge in [-0.3, -0.25) is 0 Å². The molecule has 4 aromatic rings. The Morgan fingerprint density at radius 2 is 1.73 bits per heavy atom. The molecular weight excluding hydrogens is 433 g/mol. The number of nitrogens with zero attached hydrogens (tertiary/aromatic N) is 2. The first-order valence-corrected chi connectivity index (χ1v) is 12.2. The summed E-state index contributed by atoms with van der Waals surface area (Å²) in [5.74, 6) is -0.281. The van der Waals surface area contributed by atoms with E-state index in [0.717, 1.165) is 29.8 Å². The van der Waals surface area contributed by atoms with E-state index in [1.54, 1.807) is 12.1 Å². The zero-order valence-corrected chi connectivity index (χ0v) is 18.9. The molecule has 1 N–H and O–H groups in total. The molecule has 1 unspecified atom stereocenters. The number of anilines is 1. The van der Waals surface area contributed by atoms with Crippen LogP contribution in [0.1, 0.15) is 46.1 Å². The summed E-state index contributed by atoms with van der Waals surface area (Å²) < 4.78 is 16.0. The third-order valence-electron chi connectivity index (χ3n) is 6.65. The second-order valence-corrected chi connectivity index (χ2v) is 9.76. The number of halogens is 1. The number of hydrogen-bond acceptors (Lipinski definition) is 2. The van der Waals surface area contributed by atoms with Crippen LogP contribution in [0.2, 0.25) is 0 Å². The lowest BCUT2D eigenvalue weighted by Gasteiger charge is -2.31. The Kier molecular flexibility index (Phi) is 5.03. The van der Waals surface area contributed by atoms with Crippen LogP contribution < -0.4 is 5.32 Å². The first-order valence-electron chi connectivity index (χ1n) is 11.4. The fourth-order valence-electron chi connectivity index (χ4n) is 5.10. The lowest BCUT2D eigenvalue weighted by atomic mass is 9.95. The molecule has 0 saturated heterocycles. The minimum absolute atomic E-state index is 0.160. The Balaban J connectivity index is 1.51. The van der Waals surface area contributed by atoms with E-state index in [-0.39, 0.29) is 17.9 Å². The first-order chi connectivity index (χ1) is 16.2. The van der Waals surface area contributed by atoms with E-state index in [9.17, 15) is 9.18 Å². The maximum Gasteiger partial charge on any atom is 0.322 e. The normalized spacial score (nSPS) is 17.0. The lowest BCUT2D eigenvalue weighted by Crippen LogP contribution is -2.38. The molecule has 2 amide bonds. The molecule has 0 bridgehead atoms. The van der Waals surface area contributed by atoms with Crippen LogP contribution in [0.25, 0.3) is 5.00 Å². The number of benzene rings is 2. The van der Waals surface area contributed by atoms with Gasteiger partial charge < -0.3 is 14.8 Å². The molecule has 0 radical (unpaired) electrons. The molecule has 1 atom stereocenters. The molecule has 2 aromatic carbocycles. The third kappa shape index (κ3) is 3.55. The van der Waals surface area contributed by atoms with Crippen LogP contribution in [-0.2, 0) is 19.4 Å². The quantitative estimate of drug-likeness (QED) is 0.358. The highest BCUT2D eigenvalue weighted by molar-refractivity contribution is 7.15. The number of fused-ring (bicyclic) bond motifs is 5. The van der Waals surface area contributed by atoms with E-state index in [1.165, 1.54) is 46.0 Å². The lowest BCUT2D eigenvalue weighted by molar-refractivity contribution is 0.194. The summed E-state index contributed by atoms with van der Waals surface area (Å²) in [6.45, 7) is 0.517. The van der Waals surface area contributed by atoms with Crippen LogP contribution in [0, 0.1) is 5.82 Å². The molecule has 33 heavy (non-hydrogen) atoms. The maximum absolute atomic E-state index is 13.8. The Bertz CT molecular complexity index is 1310. The van der Waals surface area contributed by atoms with Crippen LogP contribution in [0.3, 0.4) is 0 Å². The van der Waals surface area contributed by atoms with Crippen LogP contribution in [-0.4, -0.2) is 15.5 Å². The van der Waals surface area contributed by atoms with E-state index in [2.05, 4.69) is 22.1 Å². The standard InChI is InChI=1S/C27H24FN3OS/c28-19-14-12-18(13-15-19)25-23-10-6-16-30(23)26-22(21-9-4-5-11-24(21)33-26)17-31(25)27(32)29-20-7-2-1-3-8-20/h1-3,6-8,10,12-16,25H,4-5,9,11,17H2,(H,29,32). The van der Waals surface area contributed by atoms with Gasteiger partial charge in [-0.25, -0.2) is 9.18 Å². The Morgan fingerprint density at radius 1 is 0.939 bits per heavy atom. The molecule has 0 saturated carbocycles. The Hall–Kier alpha value is -3.38. The Morgan fingerprint density at radius 3 is 2.55 bits per heavy atom. The zero-order valence-electron chi connectivity index (χ0n) is 18.1. The van der Waals surface area contributed by atoms with Crippen molar-refractivity contribution in [2.45, 2.75) is 38.3 Å². The highest BCUT2D eigenvalue weighted by atomic mass is 32.1. The number of aromatic nitrogens is 1. The summed E-state index contributed by atoms with van der Waals surface area (Å²) in [4.78, 5) is 17.1. The van der Waals surface area contributed by atoms with Crippen molar-refractivity contribution in [2.24, 2.45) is 0 Å². The van der Waals surface area contributed by atoms with Gasteiger partial charge in [0.1, 0.15) is 10.8 Å². The summed E-state index contributed by atoms with van der Waals surface area (Å²) in [5, 5.41) is 4.30. The van der Waals surface area contributed by atoms with Crippen LogP contribution in [0.15, 0.2) is 72.9 Å². The number of amides is 2. The zero-order chi connectivity index (χ0) is 22.4. The van der Waals surface area contributed by atoms with Crippen LogP contribution in [0.5, 0.6) is 0 Å². The van der Waals surface area contributed by atoms with Gasteiger partial charge in [0, 0.05) is 22.3 Å². The van der Waals surface area contributed by atoms with Crippen molar-refractivity contribution in [2.75, 3.05) is 5.32 Å². The number of thiophene rings is 1. The van der Waals surface area contributed by atoms with E-state index < -0.39 is 0 Å². The van der Waals surface area contributed by atoms with Crippen molar-refractivity contribution in [3.05, 3.63) is 106 Å². The number of carbonyl (C=O) groups excluding carboxylic acids is 1. The van der Waals surface area contributed by atoms with Crippen molar-refractivity contribution in [1.29, 1.82) is 0 Å². The average molecular weight is 458 g/mol. The molecule has 0 spiro atoms. The van der Waals surface area contributed by atoms with E-state index in [4.69, 9.17) is 0 Å². The number of urea groups is 1. The SMILES string of the molecule is O=C(Nc1ccccc1)N1Cc2c(sc3c2CCCC3)-n2cccc2C1c1ccc(F)cc1. The van der Waals surface area contributed by atoms with Gasteiger partial charge in [0.05, 0.1) is 18.3 Å². The van der Waals surface area contributed by atoms with E-state index in [1.807, 2.05) is 52.6 Å². The van der Waals surface area contributed by atoms with Crippen LogP contribution in [0.4, 0.5) is 14.9 Å². The number of para-hydroxylation sites is 1. The minimum atomic E-state index is -0.330. The first kappa shape index (κ1) is 20.2. The number of rotatable bonds is 2. The fraction of sp³-hybridized carbons (Fsp3) is 0.222. The highest BCUT2D eigenvalue weighted by Gasteiger charge is 2.36. The number of carbonyl (C=O) groups is 1. The number of nitrogens with one attached hydrogen (secondary N) is 1. The summed E-state index contributed by atoms with van der Waals surface area (Å²) in [6, 6.07) is 19.7. The van der Waals surface area contributed by atoms with Crippen molar-refractivity contribution >= 4 is 23.1 Å². The molecular formula is C27H24FN3OS. The summed E-state index contributed by atoms with van der Waals surface area (Å²) >= 11 is 1.86. The van der Waals surface area contributed by atoms with E-state index in [0.29, 0.717) is 6.54 Å². The molecule has 1 aliphatic heterocycles. The topological polar surface area (TPSA) is 37.3 Å². The molecule has 166 valence electrons. The second-order valence-electron chi connectivity index (χ2n) is 8.68. The van der Waals surface area contributed by atoms with Gasteiger partial charge in [-0.1, -0.05) is 30.3 Å². The van der Waals surface area contributed by atoms with E-state index >= 15 is 0 Å². The van der Waals surface area contributed by atoms with Gasteiger partial charge in [-0.15, -0.1) is 11.3 Å². The Labute approximate surface area is 196 Å². The summed E-state index contributed by atoms with van der Waals surface area (Å²) in [6.07, 6.45) is 6.67. The van der Waals surface area contributed by atoms with Crippen molar-refractivity contribution < 1.29 is 9.18 Å². The summed E-state index contributed by atoms with van der Waals surface area (Å²) in [5.41, 5.74) is 5.33. The van der Waals surface area contributed by atoms with Crippen molar-refractivity contribution in [3.63, 3.8) is 0 Å². The van der Waals surface area contributed by atoms with Gasteiger partial charge in [0.25, 0.3) is 0 Å². The maximum atomic E-state index is 13.8. The average Bonchev–Trinajstić information content (AvgIpc) is 3.42. The predicted molar refractivity (Wildman–Crippen MR) is 130 cm³/mol. The molecule has 3 heterocycles. The van der Waals surface area contributed by atoms with Gasteiger partial charge in [-0.05, 0) is 73.2 Å². The molecule has 6 heteroatoms. The number of aryl methyl sites for hydroxylation is 1. The van der Waals surface area contributed by atoms with Gasteiger partial charge in [0.2, 0.25) is 0 Å². The number of hydrogen-bond donors (Lipinski definition) is 1. The molecule has 0 fully saturated rings. The molecule has 6 rings (SSSR count). The third-order valence-corrected chi connectivity index (χ3v) is 7.98. The highest BCUT2D eigenvalue weighted by Crippen LogP contribution is 2.44. The summed E-state index contributed by atoms with van der Waals surface area (Å²) in [7, 11) is 0. The second kappa shape index (κ2) is 8.19. The largest absolute Gasteiger partial charge is 0.322 e. The monoisotopic (exact) mass is 457 g/mol. The van der Waals surface area contributed by atoms with Crippen LogP contribution >= 0.6 is 11.3 Å². The van der Waals surface area contributed by atoms with Gasteiger partial charge in [0.15, 0.2) is 0 Å². The molecule has 4 nitrogen and oxygen atoms in total. The molecule has 1 aliphatic carbocycles. The minimum Gasteiger partial charge on any atom is -0.310 e. The van der Waals surface area contributed by atoms with Gasteiger partial charge in [-0.2, -0.15) is 0 Å². The van der Waals surface area contributed by atoms with Crippen molar-refractivity contribution in [1.82, 2.24) is 9.47 Å². The van der Waals surface area contributed by atoms with Gasteiger partial charge >= 0.3 is 6.03 Å². The fourth-order valence-corrected chi connectivity index (χ4v) is 6.50. The molecule has 2 aliphatic rings.